The largest absolute Gasteiger partial charge is 0.339 e. The van der Waals surface area contributed by atoms with Gasteiger partial charge in [0.1, 0.15) is 34.3 Å². The van der Waals surface area contributed by atoms with Gasteiger partial charge in [0, 0.05) is 205 Å². The molecular weight excluding hydrogens is 1820 g/mol. The van der Waals surface area contributed by atoms with Crippen molar-refractivity contribution in [3.63, 3.8) is 0 Å². The van der Waals surface area contributed by atoms with E-state index in [0.29, 0.717) is 159 Å². The molecule has 135 heavy (non-hydrogen) atoms. The fraction of sp³-hybridized carbons (Fsp3) is 0.351. The smallest absolute Gasteiger partial charge is 0.282 e. The van der Waals surface area contributed by atoms with Gasteiger partial charge in [0.15, 0.2) is 20.0 Å². The quantitative estimate of drug-likeness (QED) is 0.0493. The van der Waals surface area contributed by atoms with Gasteiger partial charge in [0.05, 0.1) is 27.7 Å². The molecule has 41 heteroatoms. The van der Waals surface area contributed by atoms with E-state index in [-0.39, 0.29) is 63.8 Å². The number of benzene rings is 4. The number of hydrogen-bond donors (Lipinski definition) is 6. The van der Waals surface area contributed by atoms with Crippen LogP contribution in [0.3, 0.4) is 0 Å². The SMILES string of the molecule is CC(=O)Cc1cccc(Nc2ncc3c(n2)-c2nc(C(=O)N4CCN(C(C)=O)CC4)sc2CC3)c1.CC(=O)Cc1cccc(Nc2ncc3c(n2)-c2nc(C(=O)N4CCNCC4)sc2CC3)c1.CC(=O)N1CCN(C(=O)c2nc3c(s2)CCc2cnc(Nc4cc(C)cc(C)c4)nc2-3)CC1.CC(=O)N1CCN(C(=O)c2nc3c(s2)CCc2cnc(Nc4cccc(S(N)(=O)=O)c4)nc2-3)CC1. The first-order valence-corrected chi connectivity index (χ1v) is 49.4. The lowest BCUT2D eigenvalue weighted by Gasteiger charge is -2.33. The number of hydrogen-bond acceptors (Lipinski definition) is 32. The number of anilines is 8. The third-order valence-electron chi connectivity index (χ3n) is 24.0. The van der Waals surface area contributed by atoms with E-state index in [1.54, 1.807) is 75.4 Å². The maximum Gasteiger partial charge on any atom is 0.282 e. The molecule has 12 aromatic rings. The summed E-state index contributed by atoms with van der Waals surface area (Å²) in [7, 11) is -3.84. The Morgan fingerprint density at radius 2 is 0.622 bits per heavy atom. The number of fused-ring (bicyclic) bond motifs is 12. The summed E-state index contributed by atoms with van der Waals surface area (Å²) in [6.07, 6.45) is 14.4. The van der Waals surface area contributed by atoms with Gasteiger partial charge in [-0.3, -0.25) is 43.2 Å². The van der Waals surface area contributed by atoms with E-state index in [4.69, 9.17) is 35.0 Å². The zero-order valence-electron chi connectivity index (χ0n) is 75.5. The zero-order chi connectivity index (χ0) is 94.5. The average Bonchev–Trinajstić information content (AvgIpc) is 1.66. The molecular formula is C94H99N25O11S5. The van der Waals surface area contributed by atoms with Crippen LogP contribution in [-0.4, -0.2) is 260 Å². The maximum absolute atomic E-state index is 13.1. The molecule has 0 spiro atoms. The second-order valence-corrected chi connectivity index (χ2v) is 39.9. The normalized spacial score (nSPS) is 15.1. The van der Waals surface area contributed by atoms with Crippen LogP contribution in [0.15, 0.2) is 121 Å². The van der Waals surface area contributed by atoms with Gasteiger partial charge < -0.3 is 60.9 Å². The number of aryl methyl sites for hydroxylation is 10. The highest BCUT2D eigenvalue weighted by molar-refractivity contribution is 7.89. The minimum Gasteiger partial charge on any atom is -0.339 e. The van der Waals surface area contributed by atoms with Crippen molar-refractivity contribution in [2.24, 2.45) is 5.14 Å². The number of nitrogens with zero attached hydrogens (tertiary/aromatic N) is 19. The number of Topliss-reactive ketones (excluding diaryl/α,β-unsaturated/α-hetero) is 2. The molecule has 4 fully saturated rings. The molecule has 4 aliphatic heterocycles. The minimum atomic E-state index is -3.84. The van der Waals surface area contributed by atoms with Crippen molar-refractivity contribution in [1.82, 2.24) is 99.4 Å². The van der Waals surface area contributed by atoms with Crippen LogP contribution in [0.5, 0.6) is 0 Å². The lowest BCUT2D eigenvalue weighted by molar-refractivity contribution is -0.131. The molecule has 8 aromatic heterocycles. The van der Waals surface area contributed by atoms with Gasteiger partial charge in [-0.2, -0.15) is 0 Å². The lowest BCUT2D eigenvalue weighted by atomic mass is 10.00. The van der Waals surface area contributed by atoms with Crippen LogP contribution in [0.25, 0.3) is 45.6 Å². The van der Waals surface area contributed by atoms with Gasteiger partial charge in [-0.05, 0) is 178 Å². The van der Waals surface area contributed by atoms with E-state index >= 15 is 0 Å². The topological polar surface area (TPSA) is 451 Å². The number of piperazine rings is 4. The van der Waals surface area contributed by atoms with E-state index < -0.39 is 10.0 Å². The molecule has 0 saturated carbocycles. The molecule has 696 valence electrons. The van der Waals surface area contributed by atoms with Gasteiger partial charge in [0.25, 0.3) is 23.6 Å². The first-order chi connectivity index (χ1) is 65.0. The Labute approximate surface area is 794 Å². The fourth-order valence-corrected chi connectivity index (χ4v) is 21.8. The number of nitrogens with two attached hydrogens (primary N) is 1. The molecule has 36 nitrogen and oxygen atoms in total. The van der Waals surface area contributed by atoms with Gasteiger partial charge in [-0.15, -0.1) is 45.3 Å². The third kappa shape index (κ3) is 22.1. The monoisotopic (exact) mass is 1910 g/mol. The second-order valence-electron chi connectivity index (χ2n) is 34.0. The predicted octanol–water partition coefficient (Wildman–Crippen LogP) is 10.3. The van der Waals surface area contributed by atoms with E-state index in [1.807, 2.05) is 72.0 Å². The first-order valence-electron chi connectivity index (χ1n) is 44.5. The highest BCUT2D eigenvalue weighted by Crippen LogP contribution is 2.42. The van der Waals surface area contributed by atoms with Gasteiger partial charge in [-0.1, -0.05) is 36.4 Å². The van der Waals surface area contributed by atoms with E-state index in [1.165, 1.54) is 75.5 Å². The number of rotatable bonds is 17. The number of aromatic nitrogens is 12. The Kier molecular flexibility index (Phi) is 28.1. The summed E-state index contributed by atoms with van der Waals surface area (Å²) >= 11 is 5.75. The van der Waals surface area contributed by atoms with Crippen LogP contribution in [0.4, 0.5) is 46.5 Å². The van der Waals surface area contributed by atoms with Gasteiger partial charge in [-0.25, -0.2) is 73.4 Å². The Bertz CT molecular complexity index is 6750. The van der Waals surface area contributed by atoms with E-state index in [0.717, 1.165) is 169 Å². The number of nitrogens with one attached hydrogen (secondary N) is 5. The number of ketones is 2. The van der Waals surface area contributed by atoms with Crippen LogP contribution < -0.4 is 31.7 Å². The van der Waals surface area contributed by atoms with Crippen LogP contribution in [0.2, 0.25) is 0 Å². The highest BCUT2D eigenvalue weighted by Gasteiger charge is 2.36. The standard InChI is InChI=1S/C25H26N6O3S.C24H26N6O2S.C23H24N6O2S.C22H23N7O4S2/c1-15(32)12-17-4-3-5-19(13-17)27-25-26-14-18-6-7-20-22(21(18)29-25)28-23(35-20)24(34)31-10-8-30(9-11-31)16(2)33;1-14-10-15(2)12-18(11-14)26-24-25-13-17-4-5-19-21(20(17)28-24)27-22(33-19)23(32)30-8-6-29(7-9-30)16(3)31;1-14(30)11-15-3-2-4-17(12-15)26-23-25-13-16-5-6-18-20(19(16)28-23)27-21(32-18)22(31)29-9-7-24-8-10-29;1-13(30)28-7-9-29(10-8-28)21(31)20-26-19-17(34-20)6-5-14-12-24-22(27-18(14)19)25-15-3-2-4-16(11-15)35(23,32)33/h3-5,13-14H,6-12H2,1-2H3,(H,26,27,29);10-13H,4-9H2,1-3H3,(H,25,26,28);2-4,12-13,24H,5-11H2,1H3,(H,25,26,28);2-4,11-12H,5-10H2,1H3,(H2,23,32,33)(H,24,25,27). The Morgan fingerprint density at radius 3 is 0.919 bits per heavy atom. The molecule has 20 rings (SSSR count). The molecule has 4 aliphatic carbocycles. The molecule has 7 amide bonds. The van der Waals surface area contributed by atoms with Gasteiger partial charge >= 0.3 is 0 Å². The zero-order valence-corrected chi connectivity index (χ0v) is 79.5. The third-order valence-corrected chi connectivity index (χ3v) is 29.3. The summed E-state index contributed by atoms with van der Waals surface area (Å²) in [4.78, 5) is 182. The maximum atomic E-state index is 13.1. The molecule has 12 heterocycles. The Hall–Kier alpha value is -13.6. The molecule has 7 N–H and O–H groups in total. The lowest BCUT2D eigenvalue weighted by Crippen LogP contribution is -2.50. The van der Waals surface area contributed by atoms with Crippen LogP contribution in [0, 0.1) is 13.8 Å². The highest BCUT2D eigenvalue weighted by atomic mass is 32.2. The number of sulfonamides is 1. The average molecular weight is 1920 g/mol. The number of carbonyl (C=O) groups is 9. The van der Waals surface area contributed by atoms with Crippen molar-refractivity contribution in [2.75, 3.05) is 126 Å². The van der Waals surface area contributed by atoms with E-state index in [9.17, 15) is 51.6 Å². The van der Waals surface area contributed by atoms with E-state index in [2.05, 4.69) is 88.5 Å². The second kappa shape index (κ2) is 40.7. The van der Waals surface area contributed by atoms with Crippen molar-refractivity contribution < 1.29 is 51.6 Å². The molecule has 0 radical (unpaired) electrons. The Morgan fingerprint density at radius 1 is 0.341 bits per heavy atom. The fourth-order valence-electron chi connectivity index (χ4n) is 17.1. The van der Waals surface area contributed by atoms with Crippen LogP contribution in [-0.2, 0) is 98.2 Å². The van der Waals surface area contributed by atoms with Crippen LogP contribution in [0.1, 0.15) is 138 Å². The summed E-state index contributed by atoms with van der Waals surface area (Å²) in [5.41, 5.74) is 17.3. The Balaban J connectivity index is 0.000000125. The van der Waals surface area contributed by atoms with Crippen molar-refractivity contribution in [2.45, 2.75) is 118 Å². The summed E-state index contributed by atoms with van der Waals surface area (Å²) in [5, 5.41) is 23.2. The summed E-state index contributed by atoms with van der Waals surface area (Å²) < 4.78 is 23.3. The summed E-state index contributed by atoms with van der Waals surface area (Å²) in [5.74, 6) is 1.74. The molecule has 8 aliphatic rings. The van der Waals surface area contributed by atoms with Crippen molar-refractivity contribution in [1.29, 1.82) is 0 Å². The summed E-state index contributed by atoms with van der Waals surface area (Å²) in [6.45, 7) is 21.3. The van der Waals surface area contributed by atoms with Crippen molar-refractivity contribution >= 4 is 155 Å². The summed E-state index contributed by atoms with van der Waals surface area (Å²) in [6, 6.07) is 27.7. The molecule has 0 atom stereocenters. The van der Waals surface area contributed by atoms with Crippen LogP contribution >= 0.6 is 45.3 Å². The minimum absolute atomic E-state index is 0.00198. The molecule has 4 saturated heterocycles. The van der Waals surface area contributed by atoms with Gasteiger partial charge in [0.2, 0.25) is 51.5 Å². The number of primary sulfonamides is 1. The number of amides is 7. The first kappa shape index (κ1) is 93.2. The number of thiazole rings is 4. The van der Waals surface area contributed by atoms with Crippen molar-refractivity contribution in [3.8, 4) is 45.6 Å². The number of carbonyl (C=O) groups excluding carboxylic acids is 9. The molecule has 0 bridgehead atoms. The van der Waals surface area contributed by atoms with Crippen molar-refractivity contribution in [3.05, 3.63) is 200 Å². The molecule has 4 aromatic carbocycles. The molecule has 0 unspecified atom stereocenters. The predicted molar refractivity (Wildman–Crippen MR) is 514 cm³/mol.